The van der Waals surface area contributed by atoms with Crippen LogP contribution in [0.1, 0.15) is 33.9 Å². The molecule has 204 valence electrons. The lowest BCUT2D eigenvalue weighted by Gasteiger charge is -2.25. The molecule has 0 bridgehead atoms. The number of hydrogen-bond acceptors (Lipinski definition) is 10. The van der Waals surface area contributed by atoms with Crippen LogP contribution in [-0.2, 0) is 23.4 Å². The number of aromatic nitrogens is 2. The third kappa shape index (κ3) is 7.06. The van der Waals surface area contributed by atoms with Gasteiger partial charge in [0.25, 0.3) is 0 Å². The normalized spacial score (nSPS) is 26.0. The Kier molecular flexibility index (Phi) is 9.35. The number of nitrogens with one attached hydrogen (secondary N) is 1. The molecule has 1 aromatic heterocycles. The average molecular weight is 654 g/mol. The molecule has 3 rings (SSSR count). The van der Waals surface area contributed by atoms with Crippen molar-refractivity contribution < 1.29 is 37.4 Å². The molecule has 1 aliphatic heterocycles. The van der Waals surface area contributed by atoms with Crippen LogP contribution in [0.25, 0.3) is 0 Å². The number of nitrogens with two attached hydrogens (primary N) is 1. The topological polar surface area (TPSA) is 164 Å². The van der Waals surface area contributed by atoms with Crippen molar-refractivity contribution in [1.29, 1.82) is 0 Å². The summed E-state index contributed by atoms with van der Waals surface area (Å²) in [5.41, 5.74) is 2.31. The number of para-hydroxylation sites is 1. The van der Waals surface area contributed by atoms with Gasteiger partial charge in [-0.2, -0.15) is 10.1 Å². The predicted octanol–water partition coefficient (Wildman–Crippen LogP) is 2.55. The Labute approximate surface area is 226 Å². The number of benzene rings is 1. The van der Waals surface area contributed by atoms with Crippen molar-refractivity contribution in [2.24, 2.45) is 0 Å². The van der Waals surface area contributed by atoms with Crippen LogP contribution >= 0.6 is 30.3 Å². The van der Waals surface area contributed by atoms with Gasteiger partial charge in [-0.3, -0.25) is 13.9 Å². The highest BCUT2D eigenvalue weighted by Crippen LogP contribution is 2.47. The largest absolute Gasteiger partial charge is 0.462 e. The zero-order chi connectivity index (χ0) is 27.5. The maximum atomic E-state index is 15.6. The van der Waals surface area contributed by atoms with Crippen LogP contribution in [0.2, 0.25) is 0 Å². The molecule has 2 heterocycles. The smallest absolute Gasteiger partial charge is 0.459 e. The molecule has 15 heteroatoms. The Morgan fingerprint density at radius 2 is 2.03 bits per heavy atom. The maximum Gasteiger partial charge on any atom is 0.459 e. The summed E-state index contributed by atoms with van der Waals surface area (Å²) in [6, 6.07) is 6.93. The molecule has 0 saturated carbocycles. The second-order valence-electron chi connectivity index (χ2n) is 8.82. The lowest BCUT2D eigenvalue weighted by Crippen LogP contribution is -2.43. The number of anilines is 1. The molecule has 1 aromatic carbocycles. The lowest BCUT2D eigenvalue weighted by molar-refractivity contribution is -0.149. The van der Waals surface area contributed by atoms with Crippen molar-refractivity contribution in [2.45, 2.75) is 63.9 Å². The zero-order valence-corrected chi connectivity index (χ0v) is 23.6. The van der Waals surface area contributed by atoms with Crippen molar-refractivity contribution in [1.82, 2.24) is 14.6 Å². The molecule has 37 heavy (non-hydrogen) atoms. The van der Waals surface area contributed by atoms with Crippen LogP contribution in [0.3, 0.4) is 0 Å². The molecule has 1 fully saturated rings. The number of hydrogen-bond donors (Lipinski definition) is 3. The highest BCUT2D eigenvalue weighted by atomic mass is 127. The fraction of sp³-hybridized carbons (Fsp3) is 0.500. The summed E-state index contributed by atoms with van der Waals surface area (Å²) in [6.07, 6.45) is -3.88. The van der Waals surface area contributed by atoms with Gasteiger partial charge in [0.2, 0.25) is 0 Å². The minimum absolute atomic E-state index is 0.0315. The van der Waals surface area contributed by atoms with Gasteiger partial charge in [-0.05, 0) is 62.4 Å². The number of halogens is 2. The van der Waals surface area contributed by atoms with Gasteiger partial charge < -0.3 is 24.8 Å². The van der Waals surface area contributed by atoms with E-state index >= 15 is 4.39 Å². The number of aliphatic hydroxyl groups is 1. The van der Waals surface area contributed by atoms with Crippen molar-refractivity contribution in [3.05, 3.63) is 50.6 Å². The number of nitrogen functional groups attached to an aromatic ring is 1. The molecular formula is C22H29FIN4O8P. The summed E-state index contributed by atoms with van der Waals surface area (Å²) in [4.78, 5) is 28.3. The van der Waals surface area contributed by atoms with Crippen LogP contribution in [0.15, 0.2) is 41.3 Å². The fourth-order valence-electron chi connectivity index (χ4n) is 3.48. The van der Waals surface area contributed by atoms with Gasteiger partial charge in [-0.15, -0.1) is 0 Å². The molecule has 12 nitrogen and oxygen atoms in total. The summed E-state index contributed by atoms with van der Waals surface area (Å²) in [6.45, 7) is 5.17. The summed E-state index contributed by atoms with van der Waals surface area (Å²) in [7, 11) is -4.29. The molecule has 0 aliphatic carbocycles. The van der Waals surface area contributed by atoms with Gasteiger partial charge in [0.15, 0.2) is 11.9 Å². The van der Waals surface area contributed by atoms with Crippen molar-refractivity contribution in [3.63, 3.8) is 0 Å². The average Bonchev–Trinajstić information content (AvgIpc) is 3.03. The van der Waals surface area contributed by atoms with E-state index in [0.717, 1.165) is 11.5 Å². The zero-order valence-electron chi connectivity index (χ0n) is 20.5. The summed E-state index contributed by atoms with van der Waals surface area (Å²) < 4.78 is 52.3. The van der Waals surface area contributed by atoms with E-state index in [2.05, 4.69) is 10.1 Å². The van der Waals surface area contributed by atoms with Crippen LogP contribution < -0.4 is 21.0 Å². The maximum absolute atomic E-state index is 15.6. The molecule has 6 atom stereocenters. The van der Waals surface area contributed by atoms with Gasteiger partial charge in [0, 0.05) is 6.20 Å². The number of alkyl halides is 1. The van der Waals surface area contributed by atoms with E-state index in [1.807, 2.05) is 22.6 Å². The number of aliphatic hydroxyl groups excluding tert-OH is 1. The molecule has 4 N–H and O–H groups in total. The number of nitrogens with zero attached hydrogens (tertiary/aromatic N) is 2. The molecule has 1 aliphatic rings. The monoisotopic (exact) mass is 654 g/mol. The van der Waals surface area contributed by atoms with Gasteiger partial charge in [-0.25, -0.2) is 13.8 Å². The second kappa shape index (κ2) is 11.7. The first-order chi connectivity index (χ1) is 17.2. The molecule has 0 amide bonds. The van der Waals surface area contributed by atoms with E-state index in [4.69, 9.17) is 24.3 Å². The van der Waals surface area contributed by atoms with Crippen molar-refractivity contribution in [3.8, 4) is 5.75 Å². The summed E-state index contributed by atoms with van der Waals surface area (Å²) in [5, 5.41) is 13.1. The highest BCUT2D eigenvalue weighted by Gasteiger charge is 2.56. The highest BCUT2D eigenvalue weighted by molar-refractivity contribution is 14.1. The number of esters is 1. The van der Waals surface area contributed by atoms with Gasteiger partial charge in [-0.1, -0.05) is 18.2 Å². The predicted molar refractivity (Wildman–Crippen MR) is 140 cm³/mol. The van der Waals surface area contributed by atoms with Gasteiger partial charge in [0.1, 0.15) is 29.8 Å². The minimum Gasteiger partial charge on any atom is -0.462 e. The quantitative estimate of drug-likeness (QED) is 0.196. The fourth-order valence-corrected chi connectivity index (χ4v) is 5.40. The van der Waals surface area contributed by atoms with E-state index in [1.54, 1.807) is 32.0 Å². The van der Waals surface area contributed by atoms with E-state index < -0.39 is 62.3 Å². The number of ether oxygens (including phenoxy) is 2. The van der Waals surface area contributed by atoms with Crippen LogP contribution in [0, 0.1) is 3.57 Å². The number of rotatable bonds is 10. The van der Waals surface area contributed by atoms with Crippen molar-refractivity contribution >= 4 is 42.1 Å². The number of carbonyl (C=O) groups excluding carboxylic acids is 1. The van der Waals surface area contributed by atoms with Crippen LogP contribution in [0.4, 0.5) is 10.2 Å². The Bertz CT molecular complexity index is 1210. The van der Waals surface area contributed by atoms with Crippen molar-refractivity contribution in [2.75, 3.05) is 12.3 Å². The van der Waals surface area contributed by atoms with Gasteiger partial charge >= 0.3 is 19.4 Å². The first-order valence-corrected chi connectivity index (χ1v) is 13.9. The number of carbonyl (C=O) groups is 1. The molecule has 0 spiro atoms. The summed E-state index contributed by atoms with van der Waals surface area (Å²) >= 11 is 1.82. The SMILES string of the molecule is CC(C)OC(=O)[C@@H](C)NP(=O)(OC[C@H]1O[C@@H](n2cc(I)c(N)nc2=O)[C@](C)(F)[C@@H]1O)Oc1ccccc1. The van der Waals surface area contributed by atoms with E-state index in [1.165, 1.54) is 25.3 Å². The van der Waals surface area contributed by atoms with Crippen LogP contribution in [0.5, 0.6) is 5.75 Å². The Balaban J connectivity index is 1.81. The molecule has 2 aromatic rings. The Morgan fingerprint density at radius 1 is 1.38 bits per heavy atom. The lowest BCUT2D eigenvalue weighted by atomic mass is 9.98. The Morgan fingerprint density at radius 3 is 2.65 bits per heavy atom. The second-order valence-corrected chi connectivity index (χ2v) is 11.7. The first-order valence-electron chi connectivity index (χ1n) is 11.3. The standard InChI is InChI=1S/C22H29FIN4O8P/c1-12(2)34-19(30)13(3)27-37(32,36-14-8-6-5-7-9-14)33-11-16-17(29)22(4,23)20(35-16)28-10-15(24)18(25)26-21(28)31/h5-10,12-13,16-17,20,29H,11H2,1-4H3,(H,27,32)(H2,25,26,31)/t13-,16-,17-,20-,22-,37?/m1/s1. The first kappa shape index (κ1) is 29.5. The molecule has 1 saturated heterocycles. The summed E-state index contributed by atoms with van der Waals surface area (Å²) in [5.74, 6) is -0.567. The third-order valence-electron chi connectivity index (χ3n) is 5.34. The Hall–Kier alpha value is -2.10. The van der Waals surface area contributed by atoms with Gasteiger partial charge in [0.05, 0.1) is 16.3 Å². The molecule has 1 unspecified atom stereocenters. The molecule has 0 radical (unpaired) electrons. The molecular weight excluding hydrogens is 625 g/mol. The van der Waals surface area contributed by atoms with E-state index in [0.29, 0.717) is 3.57 Å². The van der Waals surface area contributed by atoms with E-state index in [9.17, 15) is 19.3 Å². The van der Waals surface area contributed by atoms with Crippen LogP contribution in [-0.4, -0.2) is 57.3 Å². The third-order valence-corrected chi connectivity index (χ3v) is 7.81. The van der Waals surface area contributed by atoms with E-state index in [-0.39, 0.29) is 11.6 Å². The minimum atomic E-state index is -4.29.